The quantitative estimate of drug-likeness (QED) is 0.215. The third kappa shape index (κ3) is 7.47. The van der Waals surface area contributed by atoms with E-state index in [1.165, 1.54) is 49.2 Å². The minimum atomic E-state index is 0.309. The van der Waals surface area contributed by atoms with Gasteiger partial charge in [-0.05, 0) is 99.7 Å². The van der Waals surface area contributed by atoms with Gasteiger partial charge in [-0.3, -0.25) is 0 Å². The molecule has 0 aliphatic carbocycles. The highest BCUT2D eigenvalue weighted by atomic mass is 127. The minimum Gasteiger partial charge on any atom is -0.488 e. The average Bonchev–Trinajstić information content (AvgIpc) is 2.38. The maximum Gasteiger partial charge on any atom is 0.146 e. The minimum absolute atomic E-state index is 0.309. The van der Waals surface area contributed by atoms with E-state index < -0.39 is 0 Å². The van der Waals surface area contributed by atoms with Crippen LogP contribution in [-0.2, 0) is 0 Å². The molecule has 1 aromatic rings. The number of hydrogen-bond acceptors (Lipinski definition) is 1. The van der Waals surface area contributed by atoms with E-state index in [2.05, 4.69) is 93.8 Å². The first kappa shape index (κ1) is 19.3. The van der Waals surface area contributed by atoms with Crippen LogP contribution in [0.3, 0.4) is 0 Å². The molecule has 0 fully saturated rings. The molecule has 1 aromatic carbocycles. The molecule has 1 rings (SSSR count). The van der Waals surface area contributed by atoms with Gasteiger partial charge in [0.2, 0.25) is 0 Å². The van der Waals surface area contributed by atoms with Gasteiger partial charge < -0.3 is 4.74 Å². The maximum atomic E-state index is 6.14. The molecule has 0 radical (unpaired) electrons. The molecule has 20 heavy (non-hydrogen) atoms. The topological polar surface area (TPSA) is 9.23 Å². The normalized spacial score (nSPS) is 12.4. The van der Waals surface area contributed by atoms with Gasteiger partial charge in [-0.25, -0.2) is 0 Å². The molecule has 0 saturated heterocycles. The third-order valence-electron chi connectivity index (χ3n) is 3.25. The second-order valence-corrected chi connectivity index (χ2v) is 8.75. The molecule has 4 heteroatoms. The highest BCUT2D eigenvalue weighted by Gasteiger charge is 2.11. The van der Waals surface area contributed by atoms with Crippen molar-refractivity contribution >= 4 is 67.8 Å². The summed E-state index contributed by atoms with van der Waals surface area (Å²) in [6.45, 7) is 4.45. The van der Waals surface area contributed by atoms with Crippen LogP contribution in [0.15, 0.2) is 12.1 Å². The maximum absolute atomic E-state index is 6.14. The van der Waals surface area contributed by atoms with Crippen LogP contribution in [-0.4, -0.2) is 6.10 Å². The molecule has 1 atom stereocenters. The summed E-state index contributed by atoms with van der Waals surface area (Å²) in [4.78, 5) is 0. The van der Waals surface area contributed by atoms with Gasteiger partial charge in [0.25, 0.3) is 0 Å². The summed E-state index contributed by atoms with van der Waals surface area (Å²) in [6.07, 6.45) is 9.55. The fourth-order valence-corrected chi connectivity index (χ4v) is 5.95. The van der Waals surface area contributed by atoms with Crippen molar-refractivity contribution < 1.29 is 4.74 Å². The van der Waals surface area contributed by atoms with Crippen molar-refractivity contribution in [3.63, 3.8) is 0 Å². The van der Waals surface area contributed by atoms with Gasteiger partial charge in [0.1, 0.15) is 5.75 Å². The summed E-state index contributed by atoms with van der Waals surface area (Å²) in [6, 6.07) is 4.35. The first-order valence-electron chi connectivity index (χ1n) is 7.35. The zero-order chi connectivity index (χ0) is 15.0. The summed E-state index contributed by atoms with van der Waals surface area (Å²) in [5, 5.41) is 0. The monoisotopic (exact) mass is 612 g/mol. The summed E-state index contributed by atoms with van der Waals surface area (Å²) in [5.74, 6) is 1.06. The molecule has 0 aliphatic heterocycles. The van der Waals surface area contributed by atoms with E-state index in [0.717, 1.165) is 12.2 Å². The molecule has 0 heterocycles. The fraction of sp³-hybridized carbons (Fsp3) is 0.625. The molecule has 0 spiro atoms. The largest absolute Gasteiger partial charge is 0.488 e. The lowest BCUT2D eigenvalue weighted by Gasteiger charge is -2.17. The Hall–Kier alpha value is 1.21. The van der Waals surface area contributed by atoms with Crippen LogP contribution in [0, 0.1) is 10.7 Å². The van der Waals surface area contributed by atoms with Crippen LogP contribution in [0.25, 0.3) is 0 Å². The predicted molar refractivity (Wildman–Crippen MR) is 113 cm³/mol. The standard InChI is InChI=1S/C16H23I3O/c1-3-4-5-6-7-8-9-12(2)20-16-14(18)10-13(17)11-15(16)19/h10-12H,3-9H2,1-2H3. The van der Waals surface area contributed by atoms with Crippen molar-refractivity contribution in [1.29, 1.82) is 0 Å². The van der Waals surface area contributed by atoms with Gasteiger partial charge in [0.15, 0.2) is 0 Å². The lowest BCUT2D eigenvalue weighted by Crippen LogP contribution is -2.13. The number of rotatable bonds is 9. The van der Waals surface area contributed by atoms with Gasteiger partial charge in [-0.15, -0.1) is 0 Å². The number of benzene rings is 1. The van der Waals surface area contributed by atoms with Gasteiger partial charge in [0.05, 0.1) is 13.2 Å². The smallest absolute Gasteiger partial charge is 0.146 e. The van der Waals surface area contributed by atoms with Crippen molar-refractivity contribution in [3.8, 4) is 5.75 Å². The Morgan fingerprint density at radius 2 is 1.50 bits per heavy atom. The molecule has 0 aliphatic rings. The fourth-order valence-electron chi connectivity index (χ4n) is 2.11. The Kier molecular flexibility index (Phi) is 10.5. The third-order valence-corrected chi connectivity index (χ3v) is 5.47. The average molecular weight is 612 g/mol. The van der Waals surface area contributed by atoms with Crippen LogP contribution in [0.5, 0.6) is 5.75 Å². The zero-order valence-electron chi connectivity index (χ0n) is 12.2. The van der Waals surface area contributed by atoms with Crippen molar-refractivity contribution in [2.45, 2.75) is 64.9 Å². The van der Waals surface area contributed by atoms with Gasteiger partial charge in [-0.1, -0.05) is 39.0 Å². The van der Waals surface area contributed by atoms with E-state index >= 15 is 0 Å². The van der Waals surface area contributed by atoms with E-state index in [0.29, 0.717) is 6.10 Å². The molecule has 0 aromatic heterocycles. The Morgan fingerprint density at radius 3 is 2.10 bits per heavy atom. The summed E-state index contributed by atoms with van der Waals surface area (Å²) < 4.78 is 9.84. The molecule has 0 bridgehead atoms. The lowest BCUT2D eigenvalue weighted by molar-refractivity contribution is 0.203. The Balaban J connectivity index is 2.34. The van der Waals surface area contributed by atoms with Crippen LogP contribution in [0.1, 0.15) is 58.8 Å². The second kappa shape index (κ2) is 10.9. The lowest BCUT2D eigenvalue weighted by atomic mass is 10.1. The van der Waals surface area contributed by atoms with Crippen LogP contribution < -0.4 is 4.74 Å². The molecule has 114 valence electrons. The van der Waals surface area contributed by atoms with E-state index in [1.54, 1.807) is 0 Å². The highest BCUT2D eigenvalue weighted by Crippen LogP contribution is 2.30. The van der Waals surface area contributed by atoms with Gasteiger partial charge in [0, 0.05) is 3.57 Å². The molecule has 1 nitrogen and oxygen atoms in total. The summed E-state index contributed by atoms with van der Waals surface area (Å²) in [5.41, 5.74) is 0. The summed E-state index contributed by atoms with van der Waals surface area (Å²) >= 11 is 7.10. The Bertz CT molecular complexity index is 384. The van der Waals surface area contributed by atoms with Crippen molar-refractivity contribution in [2.75, 3.05) is 0 Å². The number of halogens is 3. The predicted octanol–water partition coefficient (Wildman–Crippen LogP) is 7.02. The second-order valence-electron chi connectivity index (χ2n) is 5.18. The van der Waals surface area contributed by atoms with Gasteiger partial charge in [-0.2, -0.15) is 0 Å². The van der Waals surface area contributed by atoms with Crippen LogP contribution >= 0.6 is 67.8 Å². The summed E-state index contributed by atoms with van der Waals surface area (Å²) in [7, 11) is 0. The molecule has 0 saturated carbocycles. The van der Waals surface area contributed by atoms with E-state index in [9.17, 15) is 0 Å². The van der Waals surface area contributed by atoms with Gasteiger partial charge >= 0.3 is 0 Å². The van der Waals surface area contributed by atoms with E-state index in [4.69, 9.17) is 4.74 Å². The number of hydrogen-bond donors (Lipinski definition) is 0. The van der Waals surface area contributed by atoms with E-state index in [-0.39, 0.29) is 0 Å². The number of ether oxygens (including phenoxy) is 1. The Morgan fingerprint density at radius 1 is 0.950 bits per heavy atom. The van der Waals surface area contributed by atoms with Crippen LogP contribution in [0.2, 0.25) is 0 Å². The van der Waals surface area contributed by atoms with E-state index in [1.807, 2.05) is 0 Å². The first-order valence-corrected chi connectivity index (χ1v) is 10.6. The molecular formula is C16H23I3O. The molecule has 0 N–H and O–H groups in total. The Labute approximate surface area is 164 Å². The number of unbranched alkanes of at least 4 members (excludes halogenated alkanes) is 5. The highest BCUT2D eigenvalue weighted by molar-refractivity contribution is 14.1. The SMILES string of the molecule is CCCCCCCCC(C)Oc1c(I)cc(I)cc1I. The molecular weight excluding hydrogens is 589 g/mol. The zero-order valence-corrected chi connectivity index (χ0v) is 18.7. The van der Waals surface area contributed by atoms with Crippen molar-refractivity contribution in [3.05, 3.63) is 22.8 Å². The molecule has 1 unspecified atom stereocenters. The van der Waals surface area contributed by atoms with Crippen molar-refractivity contribution in [2.24, 2.45) is 0 Å². The van der Waals surface area contributed by atoms with Crippen LogP contribution in [0.4, 0.5) is 0 Å². The molecule has 0 amide bonds. The first-order chi connectivity index (χ1) is 9.54. The van der Waals surface area contributed by atoms with Crippen molar-refractivity contribution in [1.82, 2.24) is 0 Å².